The van der Waals surface area contributed by atoms with Crippen LogP contribution in [0.1, 0.15) is 50.7 Å². The van der Waals surface area contributed by atoms with E-state index in [0.29, 0.717) is 35.2 Å². The van der Waals surface area contributed by atoms with Gasteiger partial charge in [0, 0.05) is 35.3 Å². The van der Waals surface area contributed by atoms with E-state index in [1.165, 1.54) is 17.4 Å². The normalized spacial score (nSPS) is 16.2. The van der Waals surface area contributed by atoms with Crippen LogP contribution in [0.4, 0.5) is 8.78 Å². The molecule has 0 spiro atoms. The summed E-state index contributed by atoms with van der Waals surface area (Å²) in [5.41, 5.74) is 1.25. The molecule has 5 rings (SSSR count). The summed E-state index contributed by atoms with van der Waals surface area (Å²) in [4.78, 5) is 25.4. The fourth-order valence-electron chi connectivity index (χ4n) is 4.23. The van der Waals surface area contributed by atoms with Gasteiger partial charge in [0.1, 0.15) is 17.2 Å². The molecule has 0 radical (unpaired) electrons. The largest absolute Gasteiger partial charge is 0.477 e. The van der Waals surface area contributed by atoms with Crippen LogP contribution in [0, 0.1) is 18.6 Å². The molecular formula is C21H18F2N2O3S. The maximum atomic E-state index is 15.2. The van der Waals surface area contributed by atoms with E-state index in [1.54, 1.807) is 6.92 Å². The van der Waals surface area contributed by atoms with Crippen molar-refractivity contribution < 1.29 is 18.7 Å². The molecule has 0 aromatic carbocycles. The van der Waals surface area contributed by atoms with Crippen molar-refractivity contribution in [1.82, 2.24) is 9.72 Å². The number of carbonyl (C=O) groups is 1. The van der Waals surface area contributed by atoms with Crippen molar-refractivity contribution in [2.24, 2.45) is 0 Å². The summed E-state index contributed by atoms with van der Waals surface area (Å²) in [5, 5.41) is 12.5. The Hall–Kier alpha value is -2.58. The Kier molecular flexibility index (Phi) is 4.11. The van der Waals surface area contributed by atoms with E-state index in [1.807, 2.05) is 0 Å². The van der Waals surface area contributed by atoms with Crippen LogP contribution in [0.25, 0.3) is 16.0 Å². The third kappa shape index (κ3) is 2.73. The zero-order chi connectivity index (χ0) is 20.4. The van der Waals surface area contributed by atoms with E-state index in [-0.39, 0.29) is 21.9 Å². The van der Waals surface area contributed by atoms with Crippen LogP contribution in [-0.4, -0.2) is 22.0 Å². The van der Waals surface area contributed by atoms with Gasteiger partial charge in [-0.1, -0.05) is 0 Å². The van der Waals surface area contributed by atoms with Gasteiger partial charge < -0.3 is 10.4 Å². The molecule has 0 atom stereocenters. The first-order chi connectivity index (χ1) is 13.9. The van der Waals surface area contributed by atoms with Crippen molar-refractivity contribution in [2.75, 3.05) is 6.54 Å². The van der Waals surface area contributed by atoms with Crippen LogP contribution in [0.3, 0.4) is 0 Å². The molecule has 150 valence electrons. The van der Waals surface area contributed by atoms with E-state index in [0.717, 1.165) is 34.9 Å². The molecule has 8 heteroatoms. The number of carboxylic acids is 1. The molecule has 1 fully saturated rings. The van der Waals surface area contributed by atoms with Gasteiger partial charge in [0.05, 0.1) is 10.4 Å². The lowest BCUT2D eigenvalue weighted by Crippen LogP contribution is -2.24. The number of fused-ring (bicyclic) bond motifs is 2. The van der Waals surface area contributed by atoms with E-state index in [9.17, 15) is 14.7 Å². The number of carboxylic acid groups (broad SMARTS) is 1. The molecule has 3 aromatic heterocycles. The second-order valence-electron chi connectivity index (χ2n) is 7.67. The molecule has 4 heterocycles. The lowest BCUT2D eigenvalue weighted by Gasteiger charge is -2.15. The third-order valence-electron chi connectivity index (χ3n) is 5.81. The van der Waals surface area contributed by atoms with Crippen molar-refractivity contribution in [3.63, 3.8) is 0 Å². The Bertz CT molecular complexity index is 1260. The maximum Gasteiger partial charge on any atom is 0.341 e. The summed E-state index contributed by atoms with van der Waals surface area (Å²) in [6, 6.07) is 1.41. The molecule has 29 heavy (non-hydrogen) atoms. The van der Waals surface area contributed by atoms with Gasteiger partial charge in [0.2, 0.25) is 0 Å². The Morgan fingerprint density at radius 3 is 2.76 bits per heavy atom. The van der Waals surface area contributed by atoms with Crippen LogP contribution in [0.2, 0.25) is 0 Å². The first-order valence-corrected chi connectivity index (χ1v) is 10.3. The summed E-state index contributed by atoms with van der Waals surface area (Å²) >= 11 is 1.26. The number of pyridine rings is 2. The average molecular weight is 416 g/mol. The van der Waals surface area contributed by atoms with Crippen molar-refractivity contribution in [3.8, 4) is 10.4 Å². The molecule has 1 saturated carbocycles. The SMILES string of the molecule is Cc1c(-c2sc3c(c2F)CNCC3)c(F)cn2c(=O)c(C(=O)O)cc(C3CC3)c12. The quantitative estimate of drug-likeness (QED) is 0.681. The molecule has 0 bridgehead atoms. The molecule has 5 nitrogen and oxygen atoms in total. The van der Waals surface area contributed by atoms with E-state index >= 15 is 8.78 Å². The topological polar surface area (TPSA) is 70.8 Å². The minimum atomic E-state index is -1.34. The lowest BCUT2D eigenvalue weighted by atomic mass is 9.98. The highest BCUT2D eigenvalue weighted by molar-refractivity contribution is 7.15. The summed E-state index contributed by atoms with van der Waals surface area (Å²) in [6.45, 7) is 2.85. The molecule has 0 unspecified atom stereocenters. The fraction of sp³-hybridized carbons (Fsp3) is 0.333. The molecule has 1 aliphatic heterocycles. The van der Waals surface area contributed by atoms with Gasteiger partial charge >= 0.3 is 5.97 Å². The third-order valence-corrected chi connectivity index (χ3v) is 7.09. The Morgan fingerprint density at radius 1 is 1.34 bits per heavy atom. The van der Waals surface area contributed by atoms with Gasteiger partial charge in [0.15, 0.2) is 0 Å². The van der Waals surface area contributed by atoms with Crippen LogP contribution in [0.15, 0.2) is 17.1 Å². The minimum absolute atomic E-state index is 0.131. The summed E-state index contributed by atoms with van der Waals surface area (Å²) in [6.07, 6.45) is 3.47. The average Bonchev–Trinajstić information content (AvgIpc) is 3.48. The molecule has 1 aliphatic carbocycles. The minimum Gasteiger partial charge on any atom is -0.477 e. The lowest BCUT2D eigenvalue weighted by molar-refractivity contribution is 0.0694. The van der Waals surface area contributed by atoms with Crippen molar-refractivity contribution in [1.29, 1.82) is 0 Å². The highest BCUT2D eigenvalue weighted by atomic mass is 32.1. The number of nitrogens with one attached hydrogen (secondary N) is 1. The predicted octanol–water partition coefficient (Wildman–Crippen LogP) is 3.84. The highest BCUT2D eigenvalue weighted by Crippen LogP contribution is 2.45. The number of thiophene rings is 1. The number of aryl methyl sites for hydroxylation is 1. The Labute approximate surface area is 168 Å². The van der Waals surface area contributed by atoms with Crippen LogP contribution in [0.5, 0.6) is 0 Å². The number of rotatable bonds is 3. The van der Waals surface area contributed by atoms with E-state index in [4.69, 9.17) is 0 Å². The number of hydrogen-bond donors (Lipinski definition) is 2. The fourth-order valence-corrected chi connectivity index (χ4v) is 5.53. The number of aromatic nitrogens is 1. The van der Waals surface area contributed by atoms with Gasteiger partial charge in [-0.05, 0) is 49.3 Å². The zero-order valence-corrected chi connectivity index (χ0v) is 16.5. The van der Waals surface area contributed by atoms with E-state index < -0.39 is 23.2 Å². The molecule has 3 aromatic rings. The van der Waals surface area contributed by atoms with Crippen LogP contribution >= 0.6 is 11.3 Å². The number of nitrogens with zero attached hydrogens (tertiary/aromatic N) is 1. The predicted molar refractivity (Wildman–Crippen MR) is 106 cm³/mol. The summed E-state index contributed by atoms with van der Waals surface area (Å²) in [5.74, 6) is -2.35. The molecule has 2 aliphatic rings. The summed E-state index contributed by atoms with van der Waals surface area (Å²) in [7, 11) is 0. The first-order valence-electron chi connectivity index (χ1n) is 9.51. The summed E-state index contributed by atoms with van der Waals surface area (Å²) < 4.78 is 31.4. The van der Waals surface area contributed by atoms with Gasteiger partial charge in [-0.3, -0.25) is 9.20 Å². The van der Waals surface area contributed by atoms with Gasteiger partial charge in [-0.2, -0.15) is 0 Å². The van der Waals surface area contributed by atoms with Crippen molar-refractivity contribution >= 4 is 22.8 Å². The smallest absolute Gasteiger partial charge is 0.341 e. The molecule has 0 amide bonds. The van der Waals surface area contributed by atoms with Crippen LogP contribution in [-0.2, 0) is 13.0 Å². The number of aromatic carboxylic acids is 1. The molecule has 2 N–H and O–H groups in total. The highest BCUT2D eigenvalue weighted by Gasteiger charge is 2.31. The standard InChI is InChI=1S/C21H18F2N2O3S/c1-9-16(19-17(23)13-7-24-5-4-15(13)29-19)14(22)8-25-18(9)11(10-2-3-10)6-12(20(25)26)21(27)28/h6,8,10,24H,2-5,7H2,1H3,(H,27,28). The van der Waals surface area contributed by atoms with Crippen molar-refractivity contribution in [2.45, 2.75) is 38.6 Å². The van der Waals surface area contributed by atoms with Gasteiger partial charge in [-0.25, -0.2) is 13.6 Å². The monoisotopic (exact) mass is 416 g/mol. The van der Waals surface area contributed by atoms with E-state index in [2.05, 4.69) is 5.32 Å². The second kappa shape index (κ2) is 6.47. The second-order valence-corrected chi connectivity index (χ2v) is 8.77. The van der Waals surface area contributed by atoms with Gasteiger partial charge in [-0.15, -0.1) is 11.3 Å². The number of halogens is 2. The zero-order valence-electron chi connectivity index (χ0n) is 15.6. The number of hydrogen-bond acceptors (Lipinski definition) is 4. The first kappa shape index (κ1) is 18.4. The molecule has 0 saturated heterocycles. The van der Waals surface area contributed by atoms with Crippen molar-refractivity contribution in [3.05, 3.63) is 61.4 Å². The van der Waals surface area contributed by atoms with Crippen LogP contribution < -0.4 is 10.9 Å². The maximum absolute atomic E-state index is 15.2. The van der Waals surface area contributed by atoms with Gasteiger partial charge in [0.25, 0.3) is 5.56 Å². The Morgan fingerprint density at radius 2 is 2.10 bits per heavy atom. The Balaban J connectivity index is 1.84. The molecular weight excluding hydrogens is 398 g/mol.